The van der Waals surface area contributed by atoms with Crippen LogP contribution < -0.4 is 5.32 Å². The lowest BCUT2D eigenvalue weighted by Gasteiger charge is -2.14. The molecule has 0 radical (unpaired) electrons. The summed E-state index contributed by atoms with van der Waals surface area (Å²) in [5.74, 6) is -2.07. The van der Waals surface area contributed by atoms with Gasteiger partial charge in [0.2, 0.25) is 0 Å². The smallest absolute Gasteiger partial charge is 0.312 e. The predicted octanol–water partition coefficient (Wildman–Crippen LogP) is 2.47. The van der Waals surface area contributed by atoms with Crippen molar-refractivity contribution in [3.8, 4) is 5.69 Å². The van der Waals surface area contributed by atoms with E-state index in [0.717, 1.165) is 5.69 Å². The lowest BCUT2D eigenvalue weighted by molar-refractivity contribution is -0.138. The van der Waals surface area contributed by atoms with Gasteiger partial charge in [0.05, 0.1) is 11.6 Å². The van der Waals surface area contributed by atoms with Crippen LogP contribution in [0.25, 0.3) is 5.69 Å². The highest BCUT2D eigenvalue weighted by Crippen LogP contribution is 2.15. The predicted molar refractivity (Wildman–Crippen MR) is 92.7 cm³/mol. The van der Waals surface area contributed by atoms with Crippen LogP contribution in [0, 0.1) is 0 Å². The Morgan fingerprint density at radius 3 is 2.36 bits per heavy atom. The molecule has 1 aromatic heterocycles. The van der Waals surface area contributed by atoms with E-state index in [0.29, 0.717) is 11.1 Å². The van der Waals surface area contributed by atoms with Crippen LogP contribution in [0.3, 0.4) is 0 Å². The van der Waals surface area contributed by atoms with Crippen molar-refractivity contribution >= 4 is 11.9 Å². The van der Waals surface area contributed by atoms with Crippen molar-refractivity contribution in [2.24, 2.45) is 0 Å². The fourth-order valence-electron chi connectivity index (χ4n) is 2.52. The number of rotatable bonds is 6. The molecular formula is C19H17N3O3. The molecule has 3 rings (SSSR count). The normalized spacial score (nSPS) is 11.7. The molecule has 1 heterocycles. The zero-order valence-electron chi connectivity index (χ0n) is 13.4. The van der Waals surface area contributed by atoms with Crippen LogP contribution in [0.1, 0.15) is 21.8 Å². The molecule has 0 fully saturated rings. The highest BCUT2D eigenvalue weighted by Gasteiger charge is 2.20. The first-order valence-corrected chi connectivity index (χ1v) is 7.81. The van der Waals surface area contributed by atoms with Crippen molar-refractivity contribution in [2.75, 3.05) is 6.54 Å². The van der Waals surface area contributed by atoms with Gasteiger partial charge in [-0.25, -0.2) is 4.68 Å². The average molecular weight is 335 g/mol. The SMILES string of the molecule is O=C(NC[C@@H](C(=O)O)c1ccccc1)c1ccc(-n2cccn2)cc1. The zero-order chi connectivity index (χ0) is 17.6. The molecule has 25 heavy (non-hydrogen) atoms. The summed E-state index contributed by atoms with van der Waals surface area (Å²) in [6.45, 7) is 0.0269. The van der Waals surface area contributed by atoms with Gasteiger partial charge in [0.15, 0.2) is 0 Å². The Labute approximate surface area is 144 Å². The number of nitrogens with one attached hydrogen (secondary N) is 1. The fourth-order valence-corrected chi connectivity index (χ4v) is 2.52. The molecular weight excluding hydrogens is 318 g/mol. The molecule has 3 aromatic rings. The van der Waals surface area contributed by atoms with Gasteiger partial charge in [-0.05, 0) is 35.9 Å². The maximum atomic E-state index is 12.3. The van der Waals surface area contributed by atoms with Crippen LogP contribution in [0.5, 0.6) is 0 Å². The quantitative estimate of drug-likeness (QED) is 0.725. The molecule has 1 amide bonds. The van der Waals surface area contributed by atoms with E-state index in [9.17, 15) is 14.7 Å². The minimum Gasteiger partial charge on any atom is -0.481 e. The third-order valence-corrected chi connectivity index (χ3v) is 3.87. The Kier molecular flexibility index (Phi) is 4.89. The van der Waals surface area contributed by atoms with Crippen molar-refractivity contribution < 1.29 is 14.7 Å². The number of carbonyl (C=O) groups is 2. The van der Waals surface area contributed by atoms with E-state index >= 15 is 0 Å². The molecule has 6 heteroatoms. The molecule has 2 aromatic carbocycles. The second-order valence-corrected chi connectivity index (χ2v) is 5.51. The Morgan fingerprint density at radius 1 is 1.04 bits per heavy atom. The summed E-state index contributed by atoms with van der Waals surface area (Å²) in [6.07, 6.45) is 3.49. The van der Waals surface area contributed by atoms with Crippen LogP contribution >= 0.6 is 0 Å². The number of amides is 1. The van der Waals surface area contributed by atoms with E-state index in [-0.39, 0.29) is 12.5 Å². The minimum absolute atomic E-state index is 0.0269. The largest absolute Gasteiger partial charge is 0.481 e. The third-order valence-electron chi connectivity index (χ3n) is 3.87. The lowest BCUT2D eigenvalue weighted by atomic mass is 9.99. The number of hydrogen-bond acceptors (Lipinski definition) is 3. The van der Waals surface area contributed by atoms with Gasteiger partial charge in [0.1, 0.15) is 0 Å². The average Bonchev–Trinajstić information content (AvgIpc) is 3.17. The number of aliphatic carboxylic acids is 1. The lowest BCUT2D eigenvalue weighted by Crippen LogP contribution is -2.31. The van der Waals surface area contributed by atoms with Crippen LogP contribution in [-0.2, 0) is 4.79 Å². The van der Waals surface area contributed by atoms with Gasteiger partial charge in [0, 0.05) is 24.5 Å². The van der Waals surface area contributed by atoms with Gasteiger partial charge < -0.3 is 10.4 Å². The molecule has 0 aliphatic carbocycles. The number of carbonyl (C=O) groups excluding carboxylic acids is 1. The van der Waals surface area contributed by atoms with Crippen molar-refractivity contribution in [1.82, 2.24) is 15.1 Å². The Balaban J connectivity index is 1.66. The monoisotopic (exact) mass is 335 g/mol. The Bertz CT molecular complexity index is 843. The summed E-state index contributed by atoms with van der Waals surface area (Å²) in [5.41, 5.74) is 1.96. The molecule has 0 saturated carbocycles. The highest BCUT2D eigenvalue weighted by atomic mass is 16.4. The van der Waals surface area contributed by atoms with Gasteiger partial charge in [0.25, 0.3) is 5.91 Å². The highest BCUT2D eigenvalue weighted by molar-refractivity contribution is 5.94. The summed E-state index contributed by atoms with van der Waals surface area (Å²) >= 11 is 0. The molecule has 6 nitrogen and oxygen atoms in total. The zero-order valence-corrected chi connectivity index (χ0v) is 13.4. The number of aromatic nitrogens is 2. The maximum Gasteiger partial charge on any atom is 0.312 e. The Hall–Kier alpha value is -3.41. The van der Waals surface area contributed by atoms with Crippen molar-refractivity contribution in [2.45, 2.75) is 5.92 Å². The molecule has 0 aliphatic heterocycles. The molecule has 0 unspecified atom stereocenters. The number of carboxylic acids is 1. The summed E-state index contributed by atoms with van der Waals surface area (Å²) in [4.78, 5) is 23.7. The summed E-state index contributed by atoms with van der Waals surface area (Å²) in [7, 11) is 0. The van der Waals surface area contributed by atoms with E-state index in [2.05, 4.69) is 10.4 Å². The van der Waals surface area contributed by atoms with Gasteiger partial charge in [-0.15, -0.1) is 0 Å². The van der Waals surface area contributed by atoms with Gasteiger partial charge >= 0.3 is 5.97 Å². The van der Waals surface area contributed by atoms with E-state index in [4.69, 9.17) is 0 Å². The first kappa shape index (κ1) is 16.4. The van der Waals surface area contributed by atoms with Gasteiger partial charge in [-0.2, -0.15) is 5.10 Å². The topological polar surface area (TPSA) is 84.2 Å². The maximum absolute atomic E-state index is 12.3. The molecule has 1 atom stereocenters. The van der Waals surface area contributed by atoms with Crippen molar-refractivity contribution in [3.63, 3.8) is 0 Å². The van der Waals surface area contributed by atoms with Gasteiger partial charge in [-0.1, -0.05) is 30.3 Å². The minimum atomic E-state index is -0.972. The molecule has 0 aliphatic rings. The first-order chi connectivity index (χ1) is 12.1. The number of carboxylic acid groups (broad SMARTS) is 1. The number of benzene rings is 2. The number of nitrogens with zero attached hydrogens (tertiary/aromatic N) is 2. The Morgan fingerprint density at radius 2 is 1.76 bits per heavy atom. The third kappa shape index (κ3) is 3.92. The van der Waals surface area contributed by atoms with E-state index in [1.807, 2.05) is 18.3 Å². The van der Waals surface area contributed by atoms with Crippen LogP contribution in [0.2, 0.25) is 0 Å². The van der Waals surface area contributed by atoms with E-state index < -0.39 is 11.9 Å². The van der Waals surface area contributed by atoms with E-state index in [1.165, 1.54) is 0 Å². The molecule has 2 N–H and O–H groups in total. The molecule has 126 valence electrons. The van der Waals surface area contributed by atoms with Crippen molar-refractivity contribution in [1.29, 1.82) is 0 Å². The summed E-state index contributed by atoms with van der Waals surface area (Å²) in [5, 5.41) is 16.2. The number of hydrogen-bond donors (Lipinski definition) is 2. The van der Waals surface area contributed by atoms with Crippen LogP contribution in [0.15, 0.2) is 73.1 Å². The standard InChI is InChI=1S/C19H17N3O3/c23-18(15-7-9-16(10-8-15)22-12-4-11-21-22)20-13-17(19(24)25)14-5-2-1-3-6-14/h1-12,17H,13H2,(H,20,23)(H,24,25)/t17-/m1/s1. The molecule has 0 bridgehead atoms. The summed E-state index contributed by atoms with van der Waals surface area (Å²) < 4.78 is 1.69. The molecule has 0 spiro atoms. The second kappa shape index (κ2) is 7.44. The van der Waals surface area contributed by atoms with E-state index in [1.54, 1.807) is 59.4 Å². The summed E-state index contributed by atoms with van der Waals surface area (Å²) in [6, 6.07) is 17.6. The van der Waals surface area contributed by atoms with Crippen LogP contribution in [0.4, 0.5) is 0 Å². The van der Waals surface area contributed by atoms with Gasteiger partial charge in [-0.3, -0.25) is 9.59 Å². The fraction of sp³-hybridized carbons (Fsp3) is 0.105. The second-order valence-electron chi connectivity index (χ2n) is 5.51. The molecule has 0 saturated heterocycles. The first-order valence-electron chi connectivity index (χ1n) is 7.81. The van der Waals surface area contributed by atoms with Crippen LogP contribution in [-0.4, -0.2) is 33.3 Å². The van der Waals surface area contributed by atoms with Crippen molar-refractivity contribution in [3.05, 3.63) is 84.2 Å².